The van der Waals surface area contributed by atoms with Crippen LogP contribution < -0.4 is 5.32 Å². The van der Waals surface area contributed by atoms with E-state index >= 15 is 0 Å². The lowest BCUT2D eigenvalue weighted by Crippen LogP contribution is -2.35. The van der Waals surface area contributed by atoms with Gasteiger partial charge >= 0.3 is 0 Å². The van der Waals surface area contributed by atoms with E-state index in [2.05, 4.69) is 11.4 Å². The van der Waals surface area contributed by atoms with E-state index in [1.165, 1.54) is 24.8 Å². The summed E-state index contributed by atoms with van der Waals surface area (Å²) in [7, 11) is 0. The molecule has 1 heterocycles. The largest absolute Gasteiger partial charge is 0.347 e. The molecule has 16 heavy (non-hydrogen) atoms. The molecule has 0 atom stereocenters. The van der Waals surface area contributed by atoms with E-state index < -0.39 is 0 Å². The van der Waals surface area contributed by atoms with Crippen molar-refractivity contribution in [3.05, 3.63) is 11.6 Å². The van der Waals surface area contributed by atoms with Gasteiger partial charge in [0.25, 0.3) is 0 Å². The van der Waals surface area contributed by atoms with E-state index in [9.17, 15) is 9.59 Å². The summed E-state index contributed by atoms with van der Waals surface area (Å²) in [6, 6.07) is 0. The van der Waals surface area contributed by atoms with Crippen molar-refractivity contribution in [2.24, 2.45) is 0 Å². The van der Waals surface area contributed by atoms with Crippen LogP contribution in [0.5, 0.6) is 0 Å². The van der Waals surface area contributed by atoms with Crippen LogP contribution in [0.3, 0.4) is 0 Å². The van der Waals surface area contributed by atoms with Crippen LogP contribution in [0.15, 0.2) is 11.6 Å². The molecule has 4 nitrogen and oxygen atoms in total. The lowest BCUT2D eigenvalue weighted by atomic mass is 10.1. The number of carbonyl (C=O) groups excluding carboxylic acids is 2. The van der Waals surface area contributed by atoms with Gasteiger partial charge in [-0.3, -0.25) is 9.59 Å². The molecule has 1 fully saturated rings. The fourth-order valence-electron chi connectivity index (χ4n) is 2.22. The third kappa shape index (κ3) is 2.84. The molecule has 0 aromatic carbocycles. The molecule has 1 aliphatic carbocycles. The Morgan fingerprint density at radius 1 is 1.31 bits per heavy atom. The Kier molecular flexibility index (Phi) is 3.59. The van der Waals surface area contributed by atoms with Crippen molar-refractivity contribution in [1.29, 1.82) is 0 Å². The zero-order valence-electron chi connectivity index (χ0n) is 9.50. The second-order valence-corrected chi connectivity index (χ2v) is 4.41. The number of nitrogens with one attached hydrogen (secondary N) is 1. The Hall–Kier alpha value is -1.32. The second-order valence-electron chi connectivity index (χ2n) is 4.41. The zero-order chi connectivity index (χ0) is 11.4. The number of hydrogen-bond donors (Lipinski definition) is 1. The van der Waals surface area contributed by atoms with Crippen LogP contribution in [0.25, 0.3) is 0 Å². The van der Waals surface area contributed by atoms with Gasteiger partial charge in [0.15, 0.2) is 0 Å². The summed E-state index contributed by atoms with van der Waals surface area (Å²) in [4.78, 5) is 24.6. The number of nitrogens with zero attached hydrogens (tertiary/aromatic N) is 1. The molecule has 2 rings (SSSR count). The Labute approximate surface area is 95.7 Å². The lowest BCUT2D eigenvalue weighted by Gasteiger charge is -2.19. The number of hydrogen-bond acceptors (Lipinski definition) is 2. The van der Waals surface area contributed by atoms with Crippen molar-refractivity contribution in [2.75, 3.05) is 19.6 Å². The summed E-state index contributed by atoms with van der Waals surface area (Å²) in [5.74, 6) is 0.0281. The molecule has 0 saturated carbocycles. The van der Waals surface area contributed by atoms with Crippen molar-refractivity contribution in [2.45, 2.75) is 32.1 Å². The van der Waals surface area contributed by atoms with Crippen molar-refractivity contribution < 1.29 is 9.59 Å². The summed E-state index contributed by atoms with van der Waals surface area (Å²) >= 11 is 0. The van der Waals surface area contributed by atoms with Crippen molar-refractivity contribution in [3.8, 4) is 0 Å². The molecule has 1 aliphatic heterocycles. The molecule has 88 valence electrons. The smallest absolute Gasteiger partial charge is 0.241 e. The molecule has 0 aromatic rings. The van der Waals surface area contributed by atoms with Gasteiger partial charge in [0.2, 0.25) is 11.8 Å². The molecule has 0 unspecified atom stereocenters. The van der Waals surface area contributed by atoms with Crippen molar-refractivity contribution in [1.82, 2.24) is 10.2 Å². The predicted octanol–water partition coefficient (Wildman–Crippen LogP) is 0.835. The first-order chi connectivity index (χ1) is 7.75. The summed E-state index contributed by atoms with van der Waals surface area (Å²) in [6.45, 7) is 1.50. The third-order valence-electron chi connectivity index (χ3n) is 3.24. The first-order valence-corrected chi connectivity index (χ1v) is 5.98. The van der Waals surface area contributed by atoms with Crippen LogP contribution in [0.1, 0.15) is 32.1 Å². The second kappa shape index (κ2) is 5.14. The van der Waals surface area contributed by atoms with Crippen LogP contribution in [-0.4, -0.2) is 36.3 Å². The minimum atomic E-state index is -0.0177. The number of allylic oxidation sites excluding steroid dienone is 1. The Bertz CT molecular complexity index is 323. The van der Waals surface area contributed by atoms with Gasteiger partial charge in [-0.25, -0.2) is 0 Å². The van der Waals surface area contributed by atoms with E-state index in [0.717, 1.165) is 13.0 Å². The van der Waals surface area contributed by atoms with Crippen molar-refractivity contribution >= 4 is 11.8 Å². The average Bonchev–Trinajstić information content (AvgIpc) is 2.73. The van der Waals surface area contributed by atoms with Crippen LogP contribution in [0, 0.1) is 0 Å². The first-order valence-electron chi connectivity index (χ1n) is 5.98. The summed E-state index contributed by atoms with van der Waals surface area (Å²) in [5, 5.41) is 2.61. The van der Waals surface area contributed by atoms with E-state index in [0.29, 0.717) is 13.0 Å². The molecule has 4 heteroatoms. The molecule has 0 bridgehead atoms. The highest BCUT2D eigenvalue weighted by atomic mass is 16.2. The maximum Gasteiger partial charge on any atom is 0.241 e. The predicted molar refractivity (Wildman–Crippen MR) is 60.8 cm³/mol. The highest BCUT2D eigenvalue weighted by molar-refractivity contribution is 5.87. The molecule has 2 amide bonds. The highest BCUT2D eigenvalue weighted by Crippen LogP contribution is 2.20. The Balaban J connectivity index is 1.82. The molecule has 1 saturated heterocycles. The Morgan fingerprint density at radius 3 is 2.94 bits per heavy atom. The fourth-order valence-corrected chi connectivity index (χ4v) is 2.22. The zero-order valence-corrected chi connectivity index (χ0v) is 9.50. The molecule has 2 aliphatic rings. The van der Waals surface area contributed by atoms with Gasteiger partial charge < -0.3 is 10.2 Å². The monoisotopic (exact) mass is 222 g/mol. The molecular weight excluding hydrogens is 204 g/mol. The van der Waals surface area contributed by atoms with Crippen LogP contribution in [0.2, 0.25) is 0 Å². The minimum absolute atomic E-state index is 0.0177. The van der Waals surface area contributed by atoms with E-state index in [1.54, 1.807) is 4.90 Å². The molecule has 0 aromatic heterocycles. The van der Waals surface area contributed by atoms with E-state index in [4.69, 9.17) is 0 Å². The van der Waals surface area contributed by atoms with Gasteiger partial charge in [-0.2, -0.15) is 0 Å². The summed E-state index contributed by atoms with van der Waals surface area (Å²) in [6.07, 6.45) is 7.31. The number of amides is 2. The Morgan fingerprint density at radius 2 is 2.19 bits per heavy atom. The van der Waals surface area contributed by atoms with E-state index in [1.807, 2.05) is 0 Å². The highest BCUT2D eigenvalue weighted by Gasteiger charge is 2.19. The SMILES string of the molecule is O=C1CCN(CCC2=CCCC2)C(=O)CN1. The van der Waals surface area contributed by atoms with Gasteiger partial charge in [0, 0.05) is 19.5 Å². The van der Waals surface area contributed by atoms with Crippen LogP contribution in [0.4, 0.5) is 0 Å². The molecular formula is C12H18N2O2. The van der Waals surface area contributed by atoms with Gasteiger partial charge in [0.05, 0.1) is 6.54 Å². The van der Waals surface area contributed by atoms with Gasteiger partial charge in [-0.05, 0) is 25.7 Å². The maximum absolute atomic E-state index is 11.7. The number of carbonyl (C=O) groups is 2. The van der Waals surface area contributed by atoms with Gasteiger partial charge in [-0.15, -0.1) is 0 Å². The lowest BCUT2D eigenvalue weighted by molar-refractivity contribution is -0.130. The van der Waals surface area contributed by atoms with Crippen molar-refractivity contribution in [3.63, 3.8) is 0 Å². The molecule has 0 spiro atoms. The summed E-state index contributed by atoms with van der Waals surface area (Å²) in [5.41, 5.74) is 1.47. The quantitative estimate of drug-likeness (QED) is 0.719. The molecule has 1 N–H and O–H groups in total. The summed E-state index contributed by atoms with van der Waals surface area (Å²) < 4.78 is 0. The fraction of sp³-hybridized carbons (Fsp3) is 0.667. The van der Waals surface area contributed by atoms with Crippen LogP contribution in [-0.2, 0) is 9.59 Å². The number of rotatable bonds is 3. The van der Waals surface area contributed by atoms with Gasteiger partial charge in [0.1, 0.15) is 0 Å². The third-order valence-corrected chi connectivity index (χ3v) is 3.24. The molecule has 0 radical (unpaired) electrons. The first kappa shape index (κ1) is 11.2. The minimum Gasteiger partial charge on any atom is -0.347 e. The van der Waals surface area contributed by atoms with Gasteiger partial charge in [-0.1, -0.05) is 11.6 Å². The van der Waals surface area contributed by atoms with Crippen LogP contribution >= 0.6 is 0 Å². The maximum atomic E-state index is 11.7. The average molecular weight is 222 g/mol. The van der Waals surface area contributed by atoms with E-state index in [-0.39, 0.29) is 18.4 Å². The topological polar surface area (TPSA) is 49.4 Å². The normalized spacial score (nSPS) is 21.8. The standard InChI is InChI=1S/C12H18N2O2/c15-11-6-8-14(12(16)9-13-11)7-5-10-3-1-2-4-10/h3H,1-2,4-9H2,(H,13,15).